The van der Waals surface area contributed by atoms with Gasteiger partial charge in [0, 0.05) is 5.41 Å². The molecule has 0 unspecified atom stereocenters. The summed E-state index contributed by atoms with van der Waals surface area (Å²) in [5.41, 5.74) is 5.36. The Kier molecular flexibility index (Phi) is 5.46. The van der Waals surface area contributed by atoms with Crippen LogP contribution in [0.1, 0.15) is 33.1 Å². The number of oxime groups is 1. The number of nitrogens with zero attached hydrogens (tertiary/aromatic N) is 1. The number of nitrogens with two attached hydrogens (primary N) is 1. The molecule has 13 heavy (non-hydrogen) atoms. The molecule has 0 aliphatic carbocycles. The predicted octanol–water partition coefficient (Wildman–Crippen LogP) is 1.15. The summed E-state index contributed by atoms with van der Waals surface area (Å²) in [6, 6.07) is 0. The van der Waals surface area contributed by atoms with Gasteiger partial charge in [-0.2, -0.15) is 0 Å². The van der Waals surface area contributed by atoms with Crippen molar-refractivity contribution in [1.82, 2.24) is 5.32 Å². The Morgan fingerprint density at radius 2 is 2.08 bits per heavy atom. The van der Waals surface area contributed by atoms with Crippen LogP contribution >= 0.6 is 0 Å². The van der Waals surface area contributed by atoms with Crippen LogP contribution in [-0.2, 0) is 0 Å². The molecule has 4 nitrogen and oxygen atoms in total. The summed E-state index contributed by atoms with van der Waals surface area (Å²) >= 11 is 0. The van der Waals surface area contributed by atoms with Crippen molar-refractivity contribution in [3.63, 3.8) is 0 Å². The second-order valence-corrected chi connectivity index (χ2v) is 3.93. The third kappa shape index (κ3) is 4.72. The normalized spacial score (nSPS) is 13.3. The molecule has 0 fully saturated rings. The van der Waals surface area contributed by atoms with Crippen LogP contribution in [0.2, 0.25) is 0 Å². The Labute approximate surface area is 80.2 Å². The van der Waals surface area contributed by atoms with Crippen LogP contribution in [0, 0.1) is 5.41 Å². The van der Waals surface area contributed by atoms with Crippen LogP contribution in [0.3, 0.4) is 0 Å². The summed E-state index contributed by atoms with van der Waals surface area (Å²) in [5.74, 6) is 0.317. The van der Waals surface area contributed by atoms with Gasteiger partial charge in [0.15, 0.2) is 0 Å². The molecule has 78 valence electrons. The number of amidine groups is 1. The summed E-state index contributed by atoms with van der Waals surface area (Å²) < 4.78 is 0. The zero-order valence-corrected chi connectivity index (χ0v) is 8.80. The first-order chi connectivity index (χ1) is 6.04. The lowest BCUT2D eigenvalue weighted by atomic mass is 9.86. The quantitative estimate of drug-likeness (QED) is 0.192. The molecule has 4 N–H and O–H groups in total. The molecule has 0 radical (unpaired) electrons. The van der Waals surface area contributed by atoms with Crippen LogP contribution in [0.5, 0.6) is 0 Å². The summed E-state index contributed by atoms with van der Waals surface area (Å²) in [4.78, 5) is 0. The largest absolute Gasteiger partial charge is 0.409 e. The maximum atomic E-state index is 8.52. The van der Waals surface area contributed by atoms with E-state index in [-0.39, 0.29) is 5.41 Å². The van der Waals surface area contributed by atoms with E-state index >= 15 is 0 Å². The average Bonchev–Trinajstić information content (AvgIpc) is 2.11. The Balaban J connectivity index is 3.76. The minimum atomic E-state index is -0.192. The molecular weight excluding hydrogens is 166 g/mol. The molecule has 0 amide bonds. The molecule has 0 atom stereocenters. The third-order valence-corrected chi connectivity index (χ3v) is 2.28. The van der Waals surface area contributed by atoms with Gasteiger partial charge >= 0.3 is 0 Å². The lowest BCUT2D eigenvalue weighted by molar-refractivity contribution is 0.304. The van der Waals surface area contributed by atoms with E-state index in [1.54, 1.807) is 0 Å². The zero-order valence-electron chi connectivity index (χ0n) is 8.80. The summed E-state index contributed by atoms with van der Waals surface area (Å²) in [7, 11) is 1.94. The van der Waals surface area contributed by atoms with E-state index in [1.807, 2.05) is 20.9 Å². The predicted molar refractivity (Wildman–Crippen MR) is 55.0 cm³/mol. The van der Waals surface area contributed by atoms with Gasteiger partial charge in [-0.1, -0.05) is 25.4 Å². The molecule has 0 spiro atoms. The van der Waals surface area contributed by atoms with Gasteiger partial charge in [-0.05, 0) is 26.4 Å². The molecule has 0 aromatic rings. The molecule has 0 aromatic heterocycles. The van der Waals surface area contributed by atoms with Crippen molar-refractivity contribution in [3.05, 3.63) is 0 Å². The standard InChI is InChI=1S/C9H21N3O/c1-9(2,8(10)12-13)6-4-5-7-11-3/h11,13H,4-7H2,1-3H3,(H2,10,12). The van der Waals surface area contributed by atoms with E-state index in [2.05, 4.69) is 10.5 Å². The molecule has 0 saturated carbocycles. The van der Waals surface area contributed by atoms with Crippen LogP contribution in [-0.4, -0.2) is 24.6 Å². The van der Waals surface area contributed by atoms with Crippen LogP contribution in [0.4, 0.5) is 0 Å². The lowest BCUT2D eigenvalue weighted by Gasteiger charge is -2.22. The minimum Gasteiger partial charge on any atom is -0.409 e. The number of rotatable bonds is 6. The second kappa shape index (κ2) is 5.80. The Morgan fingerprint density at radius 1 is 1.46 bits per heavy atom. The molecule has 0 aliphatic heterocycles. The minimum absolute atomic E-state index is 0.192. The number of unbranched alkanes of at least 4 members (excludes halogenated alkanes) is 1. The van der Waals surface area contributed by atoms with Gasteiger partial charge in [-0.15, -0.1) is 0 Å². The number of nitrogens with one attached hydrogen (secondary N) is 1. The highest BCUT2D eigenvalue weighted by Gasteiger charge is 2.22. The van der Waals surface area contributed by atoms with Crippen molar-refractivity contribution in [2.45, 2.75) is 33.1 Å². The molecule has 0 rings (SSSR count). The van der Waals surface area contributed by atoms with Gasteiger partial charge in [-0.3, -0.25) is 0 Å². The first-order valence-corrected chi connectivity index (χ1v) is 4.67. The van der Waals surface area contributed by atoms with Crippen molar-refractivity contribution in [1.29, 1.82) is 0 Å². The fourth-order valence-electron chi connectivity index (χ4n) is 1.13. The van der Waals surface area contributed by atoms with Crippen molar-refractivity contribution in [2.75, 3.05) is 13.6 Å². The Morgan fingerprint density at radius 3 is 2.54 bits per heavy atom. The maximum absolute atomic E-state index is 8.52. The molecule has 0 saturated heterocycles. The monoisotopic (exact) mass is 187 g/mol. The zero-order chi connectivity index (χ0) is 10.3. The van der Waals surface area contributed by atoms with E-state index in [0.29, 0.717) is 5.84 Å². The smallest absolute Gasteiger partial charge is 0.144 e. The van der Waals surface area contributed by atoms with E-state index in [0.717, 1.165) is 25.8 Å². The van der Waals surface area contributed by atoms with Gasteiger partial charge in [0.25, 0.3) is 0 Å². The van der Waals surface area contributed by atoms with Crippen molar-refractivity contribution in [2.24, 2.45) is 16.3 Å². The summed E-state index contributed by atoms with van der Waals surface area (Å²) in [5, 5.41) is 14.6. The molecule has 4 heteroatoms. The molecule has 0 aliphatic rings. The fraction of sp³-hybridized carbons (Fsp3) is 0.889. The fourth-order valence-corrected chi connectivity index (χ4v) is 1.13. The summed E-state index contributed by atoms with van der Waals surface area (Å²) in [6.45, 7) is 5.00. The molecule has 0 aromatic carbocycles. The van der Waals surface area contributed by atoms with Gasteiger partial charge in [0.05, 0.1) is 0 Å². The SMILES string of the molecule is CNCCCCC(C)(C)C(N)=NO. The van der Waals surface area contributed by atoms with Crippen LogP contribution in [0.25, 0.3) is 0 Å². The molecular formula is C9H21N3O. The van der Waals surface area contributed by atoms with Crippen LogP contribution in [0.15, 0.2) is 5.16 Å². The molecule has 0 heterocycles. The van der Waals surface area contributed by atoms with E-state index in [9.17, 15) is 0 Å². The van der Waals surface area contributed by atoms with Crippen molar-refractivity contribution >= 4 is 5.84 Å². The summed E-state index contributed by atoms with van der Waals surface area (Å²) in [6.07, 6.45) is 3.16. The van der Waals surface area contributed by atoms with Crippen molar-refractivity contribution in [3.8, 4) is 0 Å². The van der Waals surface area contributed by atoms with E-state index < -0.39 is 0 Å². The Hall–Kier alpha value is -0.770. The van der Waals surface area contributed by atoms with Gasteiger partial charge in [0.2, 0.25) is 0 Å². The van der Waals surface area contributed by atoms with E-state index in [1.165, 1.54) is 0 Å². The Bertz CT molecular complexity index is 166. The maximum Gasteiger partial charge on any atom is 0.144 e. The number of hydrogen-bond donors (Lipinski definition) is 3. The third-order valence-electron chi connectivity index (χ3n) is 2.28. The number of hydrogen-bond acceptors (Lipinski definition) is 3. The van der Waals surface area contributed by atoms with Gasteiger partial charge < -0.3 is 16.3 Å². The van der Waals surface area contributed by atoms with E-state index in [4.69, 9.17) is 10.9 Å². The average molecular weight is 187 g/mol. The van der Waals surface area contributed by atoms with Crippen LogP contribution < -0.4 is 11.1 Å². The van der Waals surface area contributed by atoms with Gasteiger partial charge in [0.1, 0.15) is 5.84 Å². The first kappa shape index (κ1) is 12.2. The topological polar surface area (TPSA) is 70.6 Å². The highest BCUT2D eigenvalue weighted by Crippen LogP contribution is 2.22. The van der Waals surface area contributed by atoms with Crippen molar-refractivity contribution < 1.29 is 5.21 Å². The highest BCUT2D eigenvalue weighted by molar-refractivity contribution is 5.85. The molecule has 0 bridgehead atoms. The second-order valence-electron chi connectivity index (χ2n) is 3.93. The van der Waals surface area contributed by atoms with Gasteiger partial charge in [-0.25, -0.2) is 0 Å². The lowest BCUT2D eigenvalue weighted by Crippen LogP contribution is -2.31. The highest BCUT2D eigenvalue weighted by atomic mass is 16.4. The first-order valence-electron chi connectivity index (χ1n) is 4.67.